The van der Waals surface area contributed by atoms with Crippen LogP contribution in [0.25, 0.3) is 0 Å². The summed E-state index contributed by atoms with van der Waals surface area (Å²) in [7, 11) is 1.57. The summed E-state index contributed by atoms with van der Waals surface area (Å²) in [5.41, 5.74) is 0.593. The minimum absolute atomic E-state index is 0.0547. The number of methoxy groups -OCH3 is 1. The first-order chi connectivity index (χ1) is 9.60. The highest BCUT2D eigenvalue weighted by Gasteiger charge is 2.09. The number of aryl methyl sites for hydroxylation is 1. The number of aromatic nitrogens is 3. The van der Waals surface area contributed by atoms with Crippen molar-refractivity contribution in [1.29, 1.82) is 0 Å². The molecule has 1 N–H and O–H groups in total. The van der Waals surface area contributed by atoms with Gasteiger partial charge in [0.15, 0.2) is 10.9 Å². The molecular weight excluding hydrogens is 278 g/mol. The molecular formula is C13H13N3O3S. The zero-order chi connectivity index (χ0) is 14.5. The third kappa shape index (κ3) is 3.45. The van der Waals surface area contributed by atoms with Gasteiger partial charge in [0.05, 0.1) is 12.9 Å². The maximum absolute atomic E-state index is 12.0. The van der Waals surface area contributed by atoms with E-state index in [4.69, 9.17) is 4.74 Å². The summed E-state index contributed by atoms with van der Waals surface area (Å²) in [6.07, 6.45) is 0. The van der Waals surface area contributed by atoms with Gasteiger partial charge in [-0.1, -0.05) is 11.8 Å². The molecule has 0 bridgehead atoms. The minimum Gasteiger partial charge on any atom is -0.497 e. The van der Waals surface area contributed by atoms with E-state index in [0.29, 0.717) is 22.2 Å². The number of ketones is 1. The molecule has 0 spiro atoms. The molecule has 7 heteroatoms. The van der Waals surface area contributed by atoms with E-state index in [1.54, 1.807) is 38.3 Å². The summed E-state index contributed by atoms with van der Waals surface area (Å²) in [4.78, 5) is 25.9. The summed E-state index contributed by atoms with van der Waals surface area (Å²) >= 11 is 1.15. The first-order valence-electron chi connectivity index (χ1n) is 5.84. The first-order valence-corrected chi connectivity index (χ1v) is 6.82. The molecule has 0 saturated heterocycles. The van der Waals surface area contributed by atoms with Crippen LogP contribution >= 0.6 is 11.8 Å². The van der Waals surface area contributed by atoms with Gasteiger partial charge < -0.3 is 4.74 Å². The maximum atomic E-state index is 12.0. The van der Waals surface area contributed by atoms with Crippen molar-refractivity contribution in [2.45, 2.75) is 12.1 Å². The number of nitrogens with one attached hydrogen (secondary N) is 1. The van der Waals surface area contributed by atoms with Gasteiger partial charge in [-0.15, -0.1) is 10.2 Å². The van der Waals surface area contributed by atoms with Crippen LogP contribution in [0.4, 0.5) is 0 Å². The van der Waals surface area contributed by atoms with E-state index in [9.17, 15) is 9.59 Å². The second-order valence-corrected chi connectivity index (χ2v) is 4.95. The van der Waals surface area contributed by atoms with Crippen molar-refractivity contribution in [2.75, 3.05) is 12.9 Å². The van der Waals surface area contributed by atoms with Crippen molar-refractivity contribution < 1.29 is 9.53 Å². The molecule has 0 aliphatic heterocycles. The largest absolute Gasteiger partial charge is 0.497 e. The Labute approximate surface area is 119 Å². The third-order valence-corrected chi connectivity index (χ3v) is 3.46. The molecule has 0 aliphatic carbocycles. The van der Waals surface area contributed by atoms with Crippen LogP contribution in [-0.2, 0) is 0 Å². The zero-order valence-corrected chi connectivity index (χ0v) is 11.9. The van der Waals surface area contributed by atoms with Gasteiger partial charge >= 0.3 is 0 Å². The van der Waals surface area contributed by atoms with Crippen molar-refractivity contribution in [2.24, 2.45) is 0 Å². The molecule has 1 aromatic heterocycles. The SMILES string of the molecule is COc1ccc(C(=O)CSc2nnc(C)c(=O)[nH]2)cc1. The maximum Gasteiger partial charge on any atom is 0.273 e. The van der Waals surface area contributed by atoms with E-state index in [0.717, 1.165) is 11.8 Å². The number of benzene rings is 1. The molecule has 0 amide bonds. The van der Waals surface area contributed by atoms with E-state index in [2.05, 4.69) is 15.2 Å². The lowest BCUT2D eigenvalue weighted by Crippen LogP contribution is -2.14. The van der Waals surface area contributed by atoms with Crippen molar-refractivity contribution >= 4 is 17.5 Å². The molecule has 104 valence electrons. The molecule has 0 unspecified atom stereocenters. The average Bonchev–Trinajstić information content (AvgIpc) is 2.48. The third-order valence-electron chi connectivity index (χ3n) is 2.59. The number of hydrogen-bond acceptors (Lipinski definition) is 6. The highest BCUT2D eigenvalue weighted by molar-refractivity contribution is 7.99. The van der Waals surface area contributed by atoms with Crippen LogP contribution in [0.15, 0.2) is 34.2 Å². The Bertz CT molecular complexity index is 667. The molecule has 0 aliphatic rings. The predicted octanol–water partition coefficient (Wildman–Crippen LogP) is 1.46. The van der Waals surface area contributed by atoms with Gasteiger partial charge in [-0.05, 0) is 31.2 Å². The lowest BCUT2D eigenvalue weighted by atomic mass is 10.1. The molecule has 0 fully saturated rings. The van der Waals surface area contributed by atoms with Crippen molar-refractivity contribution in [3.63, 3.8) is 0 Å². The zero-order valence-electron chi connectivity index (χ0n) is 11.0. The quantitative estimate of drug-likeness (QED) is 0.663. The van der Waals surface area contributed by atoms with E-state index in [1.165, 1.54) is 0 Å². The van der Waals surface area contributed by atoms with Gasteiger partial charge in [0.1, 0.15) is 11.4 Å². The molecule has 1 heterocycles. The Kier molecular flexibility index (Phi) is 4.52. The van der Waals surface area contributed by atoms with Gasteiger partial charge in [-0.25, -0.2) is 0 Å². The number of ether oxygens (including phenoxy) is 1. The molecule has 20 heavy (non-hydrogen) atoms. The number of aromatic amines is 1. The lowest BCUT2D eigenvalue weighted by Gasteiger charge is -2.02. The highest BCUT2D eigenvalue weighted by Crippen LogP contribution is 2.16. The smallest absolute Gasteiger partial charge is 0.273 e. The predicted molar refractivity (Wildman–Crippen MR) is 75.4 cm³/mol. The first kappa shape index (κ1) is 14.3. The second-order valence-electron chi connectivity index (χ2n) is 3.99. The standard InChI is InChI=1S/C13H13N3O3S/c1-8-12(18)14-13(16-15-8)20-7-11(17)9-3-5-10(19-2)6-4-9/h3-6H,7H2,1-2H3,(H,14,16,18). The Hall–Kier alpha value is -2.15. The van der Waals surface area contributed by atoms with Gasteiger partial charge in [0.2, 0.25) is 0 Å². The number of rotatable bonds is 5. The molecule has 0 saturated carbocycles. The normalized spacial score (nSPS) is 10.3. The molecule has 1 aromatic carbocycles. The van der Waals surface area contributed by atoms with Gasteiger partial charge in [-0.3, -0.25) is 14.6 Å². The molecule has 6 nitrogen and oxygen atoms in total. The monoisotopic (exact) mass is 291 g/mol. The summed E-state index contributed by atoms with van der Waals surface area (Å²) in [6.45, 7) is 1.57. The van der Waals surface area contributed by atoms with Crippen LogP contribution in [0, 0.1) is 6.92 Å². The van der Waals surface area contributed by atoms with E-state index < -0.39 is 0 Å². The van der Waals surface area contributed by atoms with Gasteiger partial charge in [0.25, 0.3) is 5.56 Å². The number of carbonyl (C=O) groups excluding carboxylic acids is 1. The Morgan fingerprint density at radius 1 is 1.30 bits per heavy atom. The molecule has 0 atom stereocenters. The number of Topliss-reactive ketones (excluding diaryl/α,β-unsaturated/α-hetero) is 1. The summed E-state index contributed by atoms with van der Waals surface area (Å²) < 4.78 is 5.03. The van der Waals surface area contributed by atoms with Crippen LogP contribution in [-0.4, -0.2) is 33.8 Å². The van der Waals surface area contributed by atoms with Gasteiger partial charge in [0, 0.05) is 5.56 Å². The molecule has 0 radical (unpaired) electrons. The van der Waals surface area contributed by atoms with Gasteiger partial charge in [-0.2, -0.15) is 0 Å². The summed E-state index contributed by atoms with van der Waals surface area (Å²) in [5.74, 6) is 0.823. The molecule has 2 aromatic rings. The number of H-pyrrole nitrogens is 1. The molecule has 2 rings (SSSR count). The fraction of sp³-hybridized carbons (Fsp3) is 0.231. The summed E-state index contributed by atoms with van der Waals surface area (Å²) in [5, 5.41) is 7.86. The lowest BCUT2D eigenvalue weighted by molar-refractivity contribution is 0.102. The Morgan fingerprint density at radius 2 is 2.00 bits per heavy atom. The highest BCUT2D eigenvalue weighted by atomic mass is 32.2. The van der Waals surface area contributed by atoms with Crippen LogP contribution in [0.1, 0.15) is 16.1 Å². The number of nitrogens with zero attached hydrogens (tertiary/aromatic N) is 2. The Balaban J connectivity index is 2.00. The van der Waals surface area contributed by atoms with Crippen molar-refractivity contribution in [3.05, 3.63) is 45.9 Å². The fourth-order valence-corrected chi connectivity index (χ4v) is 2.14. The van der Waals surface area contributed by atoms with Crippen LogP contribution in [0.2, 0.25) is 0 Å². The Morgan fingerprint density at radius 3 is 2.60 bits per heavy atom. The van der Waals surface area contributed by atoms with E-state index in [-0.39, 0.29) is 17.1 Å². The van der Waals surface area contributed by atoms with E-state index >= 15 is 0 Å². The fourth-order valence-electron chi connectivity index (χ4n) is 1.44. The van der Waals surface area contributed by atoms with Crippen molar-refractivity contribution in [3.8, 4) is 5.75 Å². The number of carbonyl (C=O) groups is 1. The minimum atomic E-state index is -0.292. The van der Waals surface area contributed by atoms with Crippen LogP contribution in [0.5, 0.6) is 5.75 Å². The topological polar surface area (TPSA) is 84.9 Å². The average molecular weight is 291 g/mol. The van der Waals surface area contributed by atoms with Crippen molar-refractivity contribution in [1.82, 2.24) is 15.2 Å². The van der Waals surface area contributed by atoms with Crippen LogP contribution < -0.4 is 10.3 Å². The van der Waals surface area contributed by atoms with Crippen LogP contribution in [0.3, 0.4) is 0 Å². The summed E-state index contributed by atoms with van der Waals surface area (Å²) in [6, 6.07) is 6.85. The number of thioether (sulfide) groups is 1. The second kappa shape index (κ2) is 6.33. The number of hydrogen-bond donors (Lipinski definition) is 1. The van der Waals surface area contributed by atoms with E-state index in [1.807, 2.05) is 0 Å².